The molecule has 5 N–H and O–H groups in total. The van der Waals surface area contributed by atoms with Gasteiger partial charge in [0.05, 0.1) is 6.61 Å². The third-order valence-electron chi connectivity index (χ3n) is 4.46. The highest BCUT2D eigenvalue weighted by molar-refractivity contribution is 5.95. The van der Waals surface area contributed by atoms with E-state index in [0.29, 0.717) is 41.5 Å². The van der Waals surface area contributed by atoms with Crippen LogP contribution in [0.3, 0.4) is 0 Å². The van der Waals surface area contributed by atoms with E-state index in [0.717, 1.165) is 5.56 Å². The van der Waals surface area contributed by atoms with Crippen molar-refractivity contribution < 1.29 is 19.4 Å². The van der Waals surface area contributed by atoms with Gasteiger partial charge in [0.25, 0.3) is 0 Å². The fraction of sp³-hybridized carbons (Fsp3) is 0.174. The quantitative estimate of drug-likeness (QED) is 0.291. The number of nitrogens with zero attached hydrogens (tertiary/aromatic N) is 1. The van der Waals surface area contributed by atoms with E-state index in [2.05, 4.69) is 10.3 Å². The Balaban J connectivity index is 1.86. The zero-order chi connectivity index (χ0) is 22.2. The molecule has 0 aliphatic heterocycles. The van der Waals surface area contributed by atoms with Crippen LogP contribution in [-0.4, -0.2) is 28.5 Å². The van der Waals surface area contributed by atoms with Crippen LogP contribution in [0.25, 0.3) is 0 Å². The first-order chi connectivity index (χ1) is 15.0. The van der Waals surface area contributed by atoms with Gasteiger partial charge in [-0.3, -0.25) is 10.4 Å². The Morgan fingerprint density at radius 2 is 1.74 bits per heavy atom. The zero-order valence-corrected chi connectivity index (χ0v) is 17.0. The normalized spacial score (nSPS) is 11.4. The lowest BCUT2D eigenvalue weighted by Gasteiger charge is -2.19. The lowest BCUT2D eigenvalue weighted by Crippen LogP contribution is -2.21. The fourth-order valence-corrected chi connectivity index (χ4v) is 2.94. The second-order valence-corrected chi connectivity index (χ2v) is 6.72. The molecule has 0 aliphatic carbocycles. The number of carboxylic acids is 1. The number of hydrogen-bond donors (Lipinski definition) is 4. The largest absolute Gasteiger partial charge is 0.494 e. The fourth-order valence-electron chi connectivity index (χ4n) is 2.94. The summed E-state index contributed by atoms with van der Waals surface area (Å²) in [5.74, 6) is -0.0893. The SMILES string of the molecule is CCOc1cc(OCc2ccncc2)cc(C(Nc2ccc(C(=N)N)cc2)C(=O)O)c1. The highest BCUT2D eigenvalue weighted by atomic mass is 16.5. The minimum atomic E-state index is -1.05. The predicted molar refractivity (Wildman–Crippen MR) is 118 cm³/mol. The molecule has 0 saturated carbocycles. The van der Waals surface area contributed by atoms with Gasteiger partial charge in [-0.25, -0.2) is 4.79 Å². The molecule has 2 aromatic carbocycles. The number of amidine groups is 1. The van der Waals surface area contributed by atoms with E-state index in [1.54, 1.807) is 54.9 Å². The number of rotatable bonds is 10. The molecule has 31 heavy (non-hydrogen) atoms. The maximum Gasteiger partial charge on any atom is 0.330 e. The molecule has 1 aromatic heterocycles. The molecule has 1 atom stereocenters. The monoisotopic (exact) mass is 420 g/mol. The summed E-state index contributed by atoms with van der Waals surface area (Å²) in [5, 5.41) is 20.3. The van der Waals surface area contributed by atoms with Gasteiger partial charge in [0.2, 0.25) is 0 Å². The van der Waals surface area contributed by atoms with Crippen molar-refractivity contribution >= 4 is 17.5 Å². The number of nitrogens with one attached hydrogen (secondary N) is 2. The number of pyridine rings is 1. The molecule has 1 unspecified atom stereocenters. The number of anilines is 1. The van der Waals surface area contributed by atoms with Gasteiger partial charge in [-0.05, 0) is 66.6 Å². The first-order valence-electron chi connectivity index (χ1n) is 9.69. The number of hydrogen-bond acceptors (Lipinski definition) is 6. The molecular weight excluding hydrogens is 396 g/mol. The van der Waals surface area contributed by atoms with E-state index < -0.39 is 12.0 Å². The zero-order valence-electron chi connectivity index (χ0n) is 17.0. The van der Waals surface area contributed by atoms with E-state index in [1.165, 1.54) is 0 Å². The van der Waals surface area contributed by atoms with E-state index in [4.69, 9.17) is 20.6 Å². The van der Waals surface area contributed by atoms with Gasteiger partial charge in [-0.2, -0.15) is 0 Å². The third-order valence-corrected chi connectivity index (χ3v) is 4.46. The maximum absolute atomic E-state index is 12.0. The number of benzene rings is 2. The first-order valence-corrected chi connectivity index (χ1v) is 9.69. The summed E-state index contributed by atoms with van der Waals surface area (Å²) in [7, 11) is 0. The van der Waals surface area contributed by atoms with Gasteiger partial charge in [-0.15, -0.1) is 0 Å². The van der Waals surface area contributed by atoms with Gasteiger partial charge < -0.3 is 25.6 Å². The molecule has 3 aromatic rings. The first kappa shape index (κ1) is 21.6. The second-order valence-electron chi connectivity index (χ2n) is 6.72. The van der Waals surface area contributed by atoms with Crippen LogP contribution in [0.5, 0.6) is 11.5 Å². The molecule has 8 heteroatoms. The van der Waals surface area contributed by atoms with Gasteiger partial charge in [0.15, 0.2) is 6.04 Å². The Kier molecular flexibility index (Phi) is 7.05. The van der Waals surface area contributed by atoms with Crippen LogP contribution in [0.2, 0.25) is 0 Å². The van der Waals surface area contributed by atoms with Crippen LogP contribution in [-0.2, 0) is 11.4 Å². The van der Waals surface area contributed by atoms with E-state index in [1.807, 2.05) is 19.1 Å². The van der Waals surface area contributed by atoms with Crippen molar-refractivity contribution in [1.29, 1.82) is 5.41 Å². The highest BCUT2D eigenvalue weighted by Gasteiger charge is 2.22. The van der Waals surface area contributed by atoms with Crippen LogP contribution < -0.4 is 20.5 Å². The molecule has 0 radical (unpaired) electrons. The van der Waals surface area contributed by atoms with Gasteiger partial charge in [-0.1, -0.05) is 0 Å². The summed E-state index contributed by atoms with van der Waals surface area (Å²) >= 11 is 0. The number of nitrogen functional groups attached to an aromatic ring is 1. The van der Waals surface area contributed by atoms with Gasteiger partial charge in [0.1, 0.15) is 23.9 Å². The molecule has 0 fully saturated rings. The summed E-state index contributed by atoms with van der Waals surface area (Å²) in [6.07, 6.45) is 3.37. The minimum Gasteiger partial charge on any atom is -0.494 e. The van der Waals surface area contributed by atoms with Crippen LogP contribution in [0.15, 0.2) is 67.0 Å². The van der Waals surface area contributed by atoms with Crippen molar-refractivity contribution in [2.24, 2.45) is 5.73 Å². The second kappa shape index (κ2) is 10.1. The van der Waals surface area contributed by atoms with E-state index in [9.17, 15) is 9.90 Å². The number of aromatic nitrogens is 1. The number of carbonyl (C=O) groups is 1. The Labute approximate surface area is 180 Å². The van der Waals surface area contributed by atoms with E-state index in [-0.39, 0.29) is 5.84 Å². The lowest BCUT2D eigenvalue weighted by molar-refractivity contribution is -0.138. The molecule has 0 bridgehead atoms. The predicted octanol–water partition coefficient (Wildman–Crippen LogP) is 3.58. The molecule has 0 saturated heterocycles. The molecule has 160 valence electrons. The molecule has 3 rings (SSSR count). The highest BCUT2D eigenvalue weighted by Crippen LogP contribution is 2.30. The summed E-state index contributed by atoms with van der Waals surface area (Å²) in [5.41, 5.74) is 8.04. The Morgan fingerprint density at radius 3 is 2.32 bits per heavy atom. The van der Waals surface area contributed by atoms with Crippen molar-refractivity contribution in [2.75, 3.05) is 11.9 Å². The Bertz CT molecular complexity index is 1040. The molecular formula is C23H24N4O4. The van der Waals surface area contributed by atoms with Crippen molar-refractivity contribution in [1.82, 2.24) is 4.98 Å². The number of nitrogens with two attached hydrogens (primary N) is 1. The summed E-state index contributed by atoms with van der Waals surface area (Å²) in [6, 6.07) is 14.4. The number of aliphatic carboxylic acids is 1. The third kappa shape index (κ3) is 5.96. The lowest BCUT2D eigenvalue weighted by atomic mass is 10.1. The summed E-state index contributed by atoms with van der Waals surface area (Å²) in [6.45, 7) is 2.60. The standard InChI is InChI=1S/C23H24N4O4/c1-2-30-19-11-17(12-20(13-19)31-14-15-7-9-26-10-8-15)21(23(28)29)27-18-5-3-16(4-6-18)22(24)25/h3-13,21,27H,2,14H2,1H3,(H3,24,25)(H,28,29). The average Bonchev–Trinajstić information content (AvgIpc) is 2.77. The topological polar surface area (TPSA) is 131 Å². The number of carboxylic acid groups (broad SMARTS) is 1. The van der Waals surface area contributed by atoms with Gasteiger partial charge >= 0.3 is 5.97 Å². The van der Waals surface area contributed by atoms with Crippen LogP contribution in [0.1, 0.15) is 29.7 Å². The van der Waals surface area contributed by atoms with Crippen LogP contribution in [0, 0.1) is 5.41 Å². The Hall–Kier alpha value is -4.07. The van der Waals surface area contributed by atoms with Crippen LogP contribution >= 0.6 is 0 Å². The van der Waals surface area contributed by atoms with Crippen molar-refractivity contribution in [3.63, 3.8) is 0 Å². The molecule has 0 amide bonds. The number of ether oxygens (including phenoxy) is 2. The summed E-state index contributed by atoms with van der Waals surface area (Å²) in [4.78, 5) is 16.0. The van der Waals surface area contributed by atoms with Crippen LogP contribution in [0.4, 0.5) is 5.69 Å². The summed E-state index contributed by atoms with van der Waals surface area (Å²) < 4.78 is 11.5. The van der Waals surface area contributed by atoms with Gasteiger partial charge in [0, 0.05) is 29.7 Å². The molecule has 0 aliphatic rings. The van der Waals surface area contributed by atoms with Crippen molar-refractivity contribution in [2.45, 2.75) is 19.6 Å². The molecule has 0 spiro atoms. The van der Waals surface area contributed by atoms with E-state index >= 15 is 0 Å². The Morgan fingerprint density at radius 1 is 1.10 bits per heavy atom. The molecule has 8 nitrogen and oxygen atoms in total. The van der Waals surface area contributed by atoms with Crippen molar-refractivity contribution in [3.8, 4) is 11.5 Å². The maximum atomic E-state index is 12.0. The average molecular weight is 420 g/mol. The molecule has 1 heterocycles. The smallest absolute Gasteiger partial charge is 0.330 e. The van der Waals surface area contributed by atoms with Crippen molar-refractivity contribution in [3.05, 3.63) is 83.7 Å². The minimum absolute atomic E-state index is 0.0539.